The standard InChI is InChI=1S/C16H20N2O/c1-13-6-8-15(9-7-13)17-10-11-18-16-5-3-2-4-14(16)12-19/h2-9,17-19H,10-12H2,1H3. The first-order chi connectivity index (χ1) is 9.29. The maximum absolute atomic E-state index is 9.22. The fraction of sp³-hybridized carbons (Fsp3) is 0.250. The van der Waals surface area contributed by atoms with E-state index in [2.05, 4.69) is 41.8 Å². The lowest BCUT2D eigenvalue weighted by molar-refractivity contribution is 0.282. The van der Waals surface area contributed by atoms with Gasteiger partial charge in [-0.2, -0.15) is 0 Å². The molecule has 2 rings (SSSR count). The highest BCUT2D eigenvalue weighted by Crippen LogP contribution is 2.14. The molecule has 0 spiro atoms. The van der Waals surface area contributed by atoms with E-state index in [9.17, 15) is 5.11 Å². The highest BCUT2D eigenvalue weighted by atomic mass is 16.3. The molecule has 19 heavy (non-hydrogen) atoms. The van der Waals surface area contributed by atoms with Crippen LogP contribution in [0.1, 0.15) is 11.1 Å². The van der Waals surface area contributed by atoms with Gasteiger partial charge in [0.2, 0.25) is 0 Å². The third-order valence-electron chi connectivity index (χ3n) is 3.01. The minimum Gasteiger partial charge on any atom is -0.392 e. The van der Waals surface area contributed by atoms with Gasteiger partial charge in [0, 0.05) is 30.0 Å². The van der Waals surface area contributed by atoms with Crippen molar-refractivity contribution in [2.24, 2.45) is 0 Å². The van der Waals surface area contributed by atoms with Crippen molar-refractivity contribution >= 4 is 11.4 Å². The fourth-order valence-corrected chi connectivity index (χ4v) is 1.91. The van der Waals surface area contributed by atoms with Gasteiger partial charge >= 0.3 is 0 Å². The lowest BCUT2D eigenvalue weighted by Crippen LogP contribution is -2.14. The van der Waals surface area contributed by atoms with Gasteiger partial charge in [-0.3, -0.25) is 0 Å². The Morgan fingerprint density at radius 3 is 2.32 bits per heavy atom. The SMILES string of the molecule is Cc1ccc(NCCNc2ccccc2CO)cc1. The molecule has 2 aromatic rings. The number of aliphatic hydroxyl groups is 1. The zero-order valence-electron chi connectivity index (χ0n) is 11.2. The van der Waals surface area contributed by atoms with Crippen LogP contribution in [0.3, 0.4) is 0 Å². The second-order valence-corrected chi connectivity index (χ2v) is 4.53. The first kappa shape index (κ1) is 13.4. The highest BCUT2D eigenvalue weighted by molar-refractivity contribution is 5.51. The summed E-state index contributed by atoms with van der Waals surface area (Å²) in [5, 5.41) is 15.9. The van der Waals surface area contributed by atoms with Gasteiger partial charge in [0.15, 0.2) is 0 Å². The second kappa shape index (κ2) is 6.81. The molecule has 0 aliphatic heterocycles. The van der Waals surface area contributed by atoms with E-state index in [1.165, 1.54) is 5.56 Å². The topological polar surface area (TPSA) is 44.3 Å². The number of aryl methyl sites for hydroxylation is 1. The molecule has 0 amide bonds. The van der Waals surface area contributed by atoms with E-state index >= 15 is 0 Å². The predicted molar refractivity (Wildman–Crippen MR) is 80.5 cm³/mol. The van der Waals surface area contributed by atoms with Crippen LogP contribution < -0.4 is 10.6 Å². The van der Waals surface area contributed by atoms with E-state index in [1.54, 1.807) is 0 Å². The van der Waals surface area contributed by atoms with E-state index in [1.807, 2.05) is 24.3 Å². The van der Waals surface area contributed by atoms with Gasteiger partial charge in [0.25, 0.3) is 0 Å². The molecule has 3 N–H and O–H groups in total. The molecular formula is C16H20N2O. The number of hydrogen-bond donors (Lipinski definition) is 3. The summed E-state index contributed by atoms with van der Waals surface area (Å²) in [5.74, 6) is 0. The van der Waals surface area contributed by atoms with Crippen molar-refractivity contribution in [3.05, 3.63) is 59.7 Å². The first-order valence-corrected chi connectivity index (χ1v) is 6.53. The summed E-state index contributed by atoms with van der Waals surface area (Å²) in [6, 6.07) is 16.2. The maximum Gasteiger partial charge on any atom is 0.0701 e. The van der Waals surface area contributed by atoms with Gasteiger partial charge < -0.3 is 15.7 Å². The van der Waals surface area contributed by atoms with Crippen molar-refractivity contribution < 1.29 is 5.11 Å². The molecule has 0 fully saturated rings. The predicted octanol–water partition coefficient (Wildman–Crippen LogP) is 3.01. The van der Waals surface area contributed by atoms with Crippen LogP contribution in [0.2, 0.25) is 0 Å². The number of aliphatic hydroxyl groups excluding tert-OH is 1. The Morgan fingerprint density at radius 1 is 0.895 bits per heavy atom. The van der Waals surface area contributed by atoms with Crippen LogP contribution in [0.25, 0.3) is 0 Å². The van der Waals surface area contributed by atoms with Crippen LogP contribution in [-0.2, 0) is 6.61 Å². The van der Waals surface area contributed by atoms with E-state index in [-0.39, 0.29) is 6.61 Å². The van der Waals surface area contributed by atoms with Crippen LogP contribution in [0.4, 0.5) is 11.4 Å². The minimum atomic E-state index is 0.0641. The highest BCUT2D eigenvalue weighted by Gasteiger charge is 1.98. The molecular weight excluding hydrogens is 236 g/mol. The van der Waals surface area contributed by atoms with Gasteiger partial charge in [-0.1, -0.05) is 35.9 Å². The fourth-order valence-electron chi connectivity index (χ4n) is 1.91. The van der Waals surface area contributed by atoms with Crippen molar-refractivity contribution in [2.75, 3.05) is 23.7 Å². The van der Waals surface area contributed by atoms with Crippen molar-refractivity contribution in [3.63, 3.8) is 0 Å². The van der Waals surface area contributed by atoms with Gasteiger partial charge in [-0.05, 0) is 25.1 Å². The largest absolute Gasteiger partial charge is 0.392 e. The molecule has 0 saturated carbocycles. The van der Waals surface area contributed by atoms with E-state index < -0.39 is 0 Å². The third kappa shape index (κ3) is 4.00. The summed E-state index contributed by atoms with van der Waals surface area (Å²) in [7, 11) is 0. The number of rotatable bonds is 6. The van der Waals surface area contributed by atoms with Crippen molar-refractivity contribution in [3.8, 4) is 0 Å². The van der Waals surface area contributed by atoms with Gasteiger partial charge in [0.1, 0.15) is 0 Å². The molecule has 0 radical (unpaired) electrons. The van der Waals surface area contributed by atoms with Crippen molar-refractivity contribution in [2.45, 2.75) is 13.5 Å². The molecule has 0 unspecified atom stereocenters. The number of para-hydroxylation sites is 1. The van der Waals surface area contributed by atoms with Gasteiger partial charge in [-0.25, -0.2) is 0 Å². The normalized spacial score (nSPS) is 10.2. The van der Waals surface area contributed by atoms with Gasteiger partial charge in [-0.15, -0.1) is 0 Å². The lowest BCUT2D eigenvalue weighted by atomic mass is 10.2. The van der Waals surface area contributed by atoms with Crippen molar-refractivity contribution in [1.82, 2.24) is 0 Å². The van der Waals surface area contributed by atoms with Crippen LogP contribution in [0.5, 0.6) is 0 Å². The van der Waals surface area contributed by atoms with Crippen LogP contribution in [0.15, 0.2) is 48.5 Å². The lowest BCUT2D eigenvalue weighted by Gasteiger charge is -2.11. The Labute approximate surface area is 114 Å². The van der Waals surface area contributed by atoms with Gasteiger partial charge in [0.05, 0.1) is 6.61 Å². The molecule has 0 bridgehead atoms. The summed E-state index contributed by atoms with van der Waals surface area (Å²) in [5.41, 5.74) is 4.32. The van der Waals surface area contributed by atoms with Crippen LogP contribution >= 0.6 is 0 Å². The number of anilines is 2. The molecule has 0 aromatic heterocycles. The molecule has 100 valence electrons. The Balaban J connectivity index is 1.79. The Bertz CT molecular complexity index is 508. The molecule has 0 saturated heterocycles. The molecule has 3 heteroatoms. The molecule has 0 atom stereocenters. The summed E-state index contributed by atoms with van der Waals surface area (Å²) in [6.45, 7) is 3.79. The summed E-state index contributed by atoms with van der Waals surface area (Å²) in [4.78, 5) is 0. The summed E-state index contributed by atoms with van der Waals surface area (Å²) >= 11 is 0. The zero-order chi connectivity index (χ0) is 13.5. The monoisotopic (exact) mass is 256 g/mol. The second-order valence-electron chi connectivity index (χ2n) is 4.53. The number of benzene rings is 2. The average Bonchev–Trinajstić information content (AvgIpc) is 2.46. The molecule has 0 aliphatic rings. The number of hydrogen-bond acceptors (Lipinski definition) is 3. The first-order valence-electron chi connectivity index (χ1n) is 6.53. The third-order valence-corrected chi connectivity index (χ3v) is 3.01. The Kier molecular flexibility index (Phi) is 4.81. The van der Waals surface area contributed by atoms with E-state index in [4.69, 9.17) is 0 Å². The minimum absolute atomic E-state index is 0.0641. The van der Waals surface area contributed by atoms with E-state index in [0.29, 0.717) is 0 Å². The molecule has 0 heterocycles. The number of nitrogens with one attached hydrogen (secondary N) is 2. The molecule has 3 nitrogen and oxygen atoms in total. The zero-order valence-corrected chi connectivity index (χ0v) is 11.2. The van der Waals surface area contributed by atoms with E-state index in [0.717, 1.165) is 30.0 Å². The quantitative estimate of drug-likeness (QED) is 0.696. The smallest absolute Gasteiger partial charge is 0.0701 e. The molecule has 2 aromatic carbocycles. The summed E-state index contributed by atoms with van der Waals surface area (Å²) < 4.78 is 0. The van der Waals surface area contributed by atoms with Crippen molar-refractivity contribution in [1.29, 1.82) is 0 Å². The average molecular weight is 256 g/mol. The molecule has 0 aliphatic carbocycles. The summed E-state index contributed by atoms with van der Waals surface area (Å²) in [6.07, 6.45) is 0. The maximum atomic E-state index is 9.22. The van der Waals surface area contributed by atoms with Crippen LogP contribution in [0, 0.1) is 6.92 Å². The van der Waals surface area contributed by atoms with Crippen LogP contribution in [-0.4, -0.2) is 18.2 Å². The Morgan fingerprint density at radius 2 is 1.58 bits per heavy atom. The Hall–Kier alpha value is -2.00.